The van der Waals surface area contributed by atoms with Crippen molar-refractivity contribution in [2.45, 2.75) is 25.4 Å². The van der Waals surface area contributed by atoms with Crippen molar-refractivity contribution in [3.05, 3.63) is 42.2 Å². The lowest BCUT2D eigenvalue weighted by Gasteiger charge is -2.30. The molecular weight excluding hydrogens is 323 g/mol. The summed E-state index contributed by atoms with van der Waals surface area (Å²) in [6.45, 7) is 2.07. The van der Waals surface area contributed by atoms with E-state index in [0.717, 1.165) is 36.9 Å². The molecule has 1 saturated heterocycles. The van der Waals surface area contributed by atoms with E-state index in [-0.39, 0.29) is 11.9 Å². The van der Waals surface area contributed by atoms with Crippen LogP contribution in [0, 0.1) is 5.82 Å². The number of nitrogens with zero attached hydrogens (tertiary/aromatic N) is 4. The molecule has 4 rings (SSSR count). The maximum Gasteiger partial charge on any atom is 0.230 e. The van der Waals surface area contributed by atoms with Crippen LogP contribution in [0.5, 0.6) is 0 Å². The fraction of sp³-hybridized carbons (Fsp3) is 0.353. The molecule has 3 heterocycles. The van der Waals surface area contributed by atoms with E-state index < -0.39 is 0 Å². The van der Waals surface area contributed by atoms with Crippen molar-refractivity contribution in [2.24, 2.45) is 5.73 Å². The molecule has 0 aliphatic carbocycles. The van der Waals surface area contributed by atoms with Gasteiger partial charge in [0.25, 0.3) is 0 Å². The van der Waals surface area contributed by atoms with Crippen LogP contribution in [0.3, 0.4) is 0 Å². The van der Waals surface area contributed by atoms with E-state index in [1.165, 1.54) is 18.5 Å². The summed E-state index contributed by atoms with van der Waals surface area (Å²) in [5.41, 5.74) is 7.51. The summed E-state index contributed by atoms with van der Waals surface area (Å²) >= 11 is 0. The van der Waals surface area contributed by atoms with Gasteiger partial charge in [0, 0.05) is 36.6 Å². The van der Waals surface area contributed by atoms with Crippen molar-refractivity contribution in [2.75, 3.05) is 23.3 Å². The Morgan fingerprint density at radius 3 is 3.16 bits per heavy atom. The Bertz CT molecular complexity index is 882. The highest BCUT2D eigenvalue weighted by Gasteiger charge is 2.19. The van der Waals surface area contributed by atoms with Gasteiger partial charge in [0.15, 0.2) is 0 Å². The van der Waals surface area contributed by atoms with Gasteiger partial charge in [-0.05, 0) is 31.0 Å². The van der Waals surface area contributed by atoms with Crippen LogP contribution in [0.15, 0.2) is 35.2 Å². The Kier molecular flexibility index (Phi) is 4.19. The third-order valence-corrected chi connectivity index (χ3v) is 4.35. The molecule has 1 fully saturated rings. The minimum atomic E-state index is -0.293. The molecule has 3 aromatic rings. The number of hydrogen-bond donors (Lipinski definition) is 2. The molecule has 0 bridgehead atoms. The van der Waals surface area contributed by atoms with Crippen molar-refractivity contribution < 1.29 is 8.81 Å². The van der Waals surface area contributed by atoms with Crippen molar-refractivity contribution in [1.29, 1.82) is 0 Å². The number of benzene rings is 1. The Balaban J connectivity index is 1.49. The van der Waals surface area contributed by atoms with E-state index in [9.17, 15) is 4.39 Å². The van der Waals surface area contributed by atoms with Gasteiger partial charge in [-0.1, -0.05) is 0 Å². The molecule has 3 N–H and O–H groups in total. The summed E-state index contributed by atoms with van der Waals surface area (Å²) in [5.74, 6) is 0.796. The van der Waals surface area contributed by atoms with Gasteiger partial charge in [-0.25, -0.2) is 14.4 Å². The monoisotopic (exact) mass is 342 g/mol. The zero-order valence-electron chi connectivity index (χ0n) is 13.7. The Morgan fingerprint density at radius 2 is 2.28 bits per heavy atom. The number of halogens is 1. The van der Waals surface area contributed by atoms with Gasteiger partial charge in [-0.15, -0.1) is 0 Å². The fourth-order valence-electron chi connectivity index (χ4n) is 3.08. The van der Waals surface area contributed by atoms with Crippen LogP contribution < -0.4 is 16.0 Å². The second-order valence-corrected chi connectivity index (χ2v) is 6.21. The highest BCUT2D eigenvalue weighted by molar-refractivity contribution is 5.81. The van der Waals surface area contributed by atoms with E-state index in [1.807, 2.05) is 0 Å². The first-order valence-corrected chi connectivity index (χ1v) is 8.28. The average molecular weight is 342 g/mol. The first-order valence-electron chi connectivity index (χ1n) is 8.28. The Labute approximate surface area is 144 Å². The van der Waals surface area contributed by atoms with E-state index in [1.54, 1.807) is 12.3 Å². The molecule has 1 aliphatic rings. The highest BCUT2D eigenvalue weighted by atomic mass is 19.1. The predicted molar refractivity (Wildman–Crippen MR) is 92.7 cm³/mol. The summed E-state index contributed by atoms with van der Waals surface area (Å²) in [6.07, 6.45) is 5.15. The maximum atomic E-state index is 13.4. The zero-order chi connectivity index (χ0) is 17.2. The molecule has 0 amide bonds. The van der Waals surface area contributed by atoms with Gasteiger partial charge in [-0.3, -0.25) is 0 Å². The van der Waals surface area contributed by atoms with Crippen molar-refractivity contribution in [3.63, 3.8) is 0 Å². The van der Waals surface area contributed by atoms with Gasteiger partial charge in [0.05, 0.1) is 6.26 Å². The minimum absolute atomic E-state index is 0.147. The number of nitrogens with one attached hydrogen (secondary N) is 1. The average Bonchev–Trinajstić information content (AvgIpc) is 3.02. The smallest absolute Gasteiger partial charge is 0.230 e. The number of furan rings is 1. The molecule has 7 nitrogen and oxygen atoms in total. The van der Waals surface area contributed by atoms with E-state index in [4.69, 9.17) is 10.2 Å². The lowest BCUT2D eigenvalue weighted by atomic mass is 10.1. The number of nitrogens with two attached hydrogens (primary N) is 1. The molecular formula is C17H19FN6O. The minimum Gasteiger partial charge on any atom is -0.464 e. The molecule has 1 atom stereocenters. The second kappa shape index (κ2) is 6.64. The molecule has 0 spiro atoms. The fourth-order valence-corrected chi connectivity index (χ4v) is 3.08. The van der Waals surface area contributed by atoms with Crippen molar-refractivity contribution >= 4 is 22.9 Å². The largest absolute Gasteiger partial charge is 0.464 e. The summed E-state index contributed by atoms with van der Waals surface area (Å²) in [5, 5.41) is 3.89. The van der Waals surface area contributed by atoms with Gasteiger partial charge in [-0.2, -0.15) is 4.98 Å². The maximum absolute atomic E-state index is 13.4. The summed E-state index contributed by atoms with van der Waals surface area (Å²) in [4.78, 5) is 14.9. The topological polar surface area (TPSA) is 93.1 Å². The SMILES string of the molecule is NC1CCCN(c2ncnc(NCc3coc4ccc(F)cc34)n2)C1. The predicted octanol–water partition coefficient (Wildman–Crippen LogP) is 2.30. The third-order valence-electron chi connectivity index (χ3n) is 4.35. The summed E-state index contributed by atoms with van der Waals surface area (Å²) < 4.78 is 18.9. The molecule has 0 radical (unpaired) electrons. The molecule has 8 heteroatoms. The van der Waals surface area contributed by atoms with Gasteiger partial charge in [0.1, 0.15) is 17.7 Å². The standard InChI is InChI=1S/C17H19FN6O/c18-12-3-4-15-14(6-12)11(9-25-15)7-20-16-21-10-22-17(23-16)24-5-1-2-13(19)8-24/h3-4,6,9-10,13H,1-2,5,7-8,19H2,(H,20,21,22,23). The molecule has 1 aliphatic heterocycles. The first-order chi connectivity index (χ1) is 12.2. The van der Waals surface area contributed by atoms with Crippen molar-refractivity contribution in [1.82, 2.24) is 15.0 Å². The molecule has 2 aromatic heterocycles. The van der Waals surface area contributed by atoms with Crippen LogP contribution in [0.2, 0.25) is 0 Å². The molecule has 1 aromatic carbocycles. The first kappa shape index (κ1) is 15.8. The molecule has 25 heavy (non-hydrogen) atoms. The number of hydrogen-bond acceptors (Lipinski definition) is 7. The lowest BCUT2D eigenvalue weighted by Crippen LogP contribution is -2.43. The quantitative estimate of drug-likeness (QED) is 0.751. The van der Waals surface area contributed by atoms with Gasteiger partial charge < -0.3 is 20.4 Å². The third kappa shape index (κ3) is 3.39. The lowest BCUT2D eigenvalue weighted by molar-refractivity contribution is 0.499. The number of fused-ring (bicyclic) bond motifs is 1. The van der Waals surface area contributed by atoms with E-state index in [0.29, 0.717) is 24.0 Å². The molecule has 1 unspecified atom stereocenters. The summed E-state index contributed by atoms with van der Waals surface area (Å²) in [6, 6.07) is 4.61. The normalized spacial score (nSPS) is 17.8. The second-order valence-electron chi connectivity index (χ2n) is 6.21. The highest BCUT2D eigenvalue weighted by Crippen LogP contribution is 2.23. The van der Waals surface area contributed by atoms with E-state index >= 15 is 0 Å². The number of aromatic nitrogens is 3. The number of rotatable bonds is 4. The Morgan fingerprint density at radius 1 is 1.36 bits per heavy atom. The molecule has 130 valence electrons. The zero-order valence-corrected chi connectivity index (χ0v) is 13.7. The molecule has 0 saturated carbocycles. The number of anilines is 2. The van der Waals surface area contributed by atoms with Crippen LogP contribution in [0.1, 0.15) is 18.4 Å². The van der Waals surface area contributed by atoms with Gasteiger partial charge >= 0.3 is 0 Å². The van der Waals surface area contributed by atoms with Crippen LogP contribution in [0.25, 0.3) is 11.0 Å². The number of piperidine rings is 1. The van der Waals surface area contributed by atoms with E-state index in [2.05, 4.69) is 25.2 Å². The van der Waals surface area contributed by atoms with Gasteiger partial charge in [0.2, 0.25) is 11.9 Å². The van der Waals surface area contributed by atoms with Crippen LogP contribution in [-0.4, -0.2) is 34.1 Å². The van der Waals surface area contributed by atoms with Crippen LogP contribution in [0.4, 0.5) is 16.3 Å². The Hall–Kier alpha value is -2.74. The van der Waals surface area contributed by atoms with Crippen molar-refractivity contribution in [3.8, 4) is 0 Å². The van der Waals surface area contributed by atoms with Crippen LogP contribution >= 0.6 is 0 Å². The van der Waals surface area contributed by atoms with Crippen LogP contribution in [-0.2, 0) is 6.54 Å². The summed E-state index contributed by atoms with van der Waals surface area (Å²) in [7, 11) is 0.